The molecule has 1 aromatic carbocycles. The average Bonchev–Trinajstić information content (AvgIpc) is 2.45. The zero-order valence-corrected chi connectivity index (χ0v) is 12.2. The van der Waals surface area contributed by atoms with Crippen LogP contribution < -0.4 is 0 Å². The molecule has 110 valence electrons. The number of nitrogens with zero attached hydrogens (tertiary/aromatic N) is 1. The van der Waals surface area contributed by atoms with E-state index < -0.39 is 5.97 Å². The molecule has 0 aliphatic carbocycles. The predicted octanol–water partition coefficient (Wildman–Crippen LogP) is 2.72. The van der Waals surface area contributed by atoms with Crippen LogP contribution in [-0.2, 0) is 16.0 Å². The van der Waals surface area contributed by atoms with Crippen LogP contribution in [0.5, 0.6) is 0 Å². The van der Waals surface area contributed by atoms with Gasteiger partial charge in [-0.05, 0) is 25.3 Å². The van der Waals surface area contributed by atoms with Crippen molar-refractivity contribution in [2.45, 2.75) is 45.6 Å². The van der Waals surface area contributed by atoms with Gasteiger partial charge in [-0.15, -0.1) is 0 Å². The summed E-state index contributed by atoms with van der Waals surface area (Å²) in [5, 5.41) is 8.77. The van der Waals surface area contributed by atoms with E-state index in [-0.39, 0.29) is 24.9 Å². The summed E-state index contributed by atoms with van der Waals surface area (Å²) in [7, 11) is 0. The Bertz CT molecular complexity index is 431. The van der Waals surface area contributed by atoms with E-state index in [0.29, 0.717) is 12.8 Å². The molecule has 0 fully saturated rings. The number of carbonyl (C=O) groups excluding carboxylic acids is 1. The summed E-state index contributed by atoms with van der Waals surface area (Å²) in [5.74, 6) is -0.835. The molecular formula is C16H23NO3. The normalized spacial score (nSPS) is 11.9. The van der Waals surface area contributed by atoms with Gasteiger partial charge in [-0.3, -0.25) is 9.59 Å². The van der Waals surface area contributed by atoms with Crippen LogP contribution in [0.1, 0.15) is 38.7 Å². The first-order valence-corrected chi connectivity index (χ1v) is 7.09. The number of carbonyl (C=O) groups is 2. The van der Waals surface area contributed by atoms with Gasteiger partial charge in [0.2, 0.25) is 5.91 Å². The summed E-state index contributed by atoms with van der Waals surface area (Å²) in [6.07, 6.45) is 1.95. The average molecular weight is 277 g/mol. The number of amides is 1. The molecule has 0 spiro atoms. The lowest BCUT2D eigenvalue weighted by atomic mass is 10.1. The lowest BCUT2D eigenvalue weighted by Crippen LogP contribution is -2.39. The molecule has 20 heavy (non-hydrogen) atoms. The molecule has 0 radical (unpaired) electrons. The highest BCUT2D eigenvalue weighted by Crippen LogP contribution is 2.10. The molecule has 1 atom stereocenters. The van der Waals surface area contributed by atoms with Crippen molar-refractivity contribution >= 4 is 11.9 Å². The molecule has 0 bridgehead atoms. The van der Waals surface area contributed by atoms with Gasteiger partial charge in [0.05, 0.1) is 6.42 Å². The predicted molar refractivity (Wildman–Crippen MR) is 78.5 cm³/mol. The number of hydrogen-bond donors (Lipinski definition) is 1. The van der Waals surface area contributed by atoms with Crippen LogP contribution in [0.15, 0.2) is 30.3 Å². The van der Waals surface area contributed by atoms with Crippen molar-refractivity contribution in [3.8, 4) is 0 Å². The number of carboxylic acids is 1. The Kier molecular flexibility index (Phi) is 6.77. The van der Waals surface area contributed by atoms with Crippen LogP contribution >= 0.6 is 0 Å². The van der Waals surface area contributed by atoms with Crippen molar-refractivity contribution in [1.82, 2.24) is 4.90 Å². The van der Waals surface area contributed by atoms with E-state index in [1.54, 1.807) is 4.90 Å². The van der Waals surface area contributed by atoms with Crippen molar-refractivity contribution in [1.29, 1.82) is 0 Å². The lowest BCUT2D eigenvalue weighted by molar-refractivity contribution is -0.139. The SMILES string of the molecule is CCC(C)N(CCC(=O)O)C(=O)CCc1ccccc1. The van der Waals surface area contributed by atoms with Gasteiger partial charge in [-0.2, -0.15) is 0 Å². The van der Waals surface area contributed by atoms with Gasteiger partial charge in [0, 0.05) is 19.0 Å². The minimum absolute atomic E-state index is 0.00141. The van der Waals surface area contributed by atoms with E-state index in [1.165, 1.54) is 0 Å². The third-order valence-electron chi connectivity index (χ3n) is 3.48. The standard InChI is InChI=1S/C16H23NO3/c1-3-13(2)17(12-11-16(19)20)15(18)10-9-14-7-5-4-6-8-14/h4-8,13H,3,9-12H2,1-2H3,(H,19,20). The maximum absolute atomic E-state index is 12.3. The highest BCUT2D eigenvalue weighted by atomic mass is 16.4. The molecule has 1 aromatic rings. The molecule has 1 unspecified atom stereocenters. The van der Waals surface area contributed by atoms with Crippen LogP contribution in [0.25, 0.3) is 0 Å². The molecule has 0 saturated carbocycles. The van der Waals surface area contributed by atoms with E-state index in [1.807, 2.05) is 44.2 Å². The van der Waals surface area contributed by atoms with E-state index in [4.69, 9.17) is 5.11 Å². The van der Waals surface area contributed by atoms with E-state index >= 15 is 0 Å². The monoisotopic (exact) mass is 277 g/mol. The molecule has 4 nitrogen and oxygen atoms in total. The molecule has 1 rings (SSSR count). The van der Waals surface area contributed by atoms with Crippen molar-refractivity contribution in [3.63, 3.8) is 0 Å². The molecule has 0 heterocycles. The van der Waals surface area contributed by atoms with E-state index in [9.17, 15) is 9.59 Å². The van der Waals surface area contributed by atoms with Gasteiger partial charge in [-0.1, -0.05) is 37.3 Å². The lowest BCUT2D eigenvalue weighted by Gasteiger charge is -2.28. The summed E-state index contributed by atoms with van der Waals surface area (Å²) < 4.78 is 0. The summed E-state index contributed by atoms with van der Waals surface area (Å²) in [6.45, 7) is 4.25. The minimum atomic E-state index is -0.867. The number of benzene rings is 1. The largest absolute Gasteiger partial charge is 0.481 e. The molecule has 1 amide bonds. The van der Waals surface area contributed by atoms with Gasteiger partial charge in [0.15, 0.2) is 0 Å². The Hall–Kier alpha value is -1.84. The maximum Gasteiger partial charge on any atom is 0.305 e. The Labute approximate surface area is 120 Å². The fraction of sp³-hybridized carbons (Fsp3) is 0.500. The third kappa shape index (κ3) is 5.43. The number of aliphatic carboxylic acids is 1. The van der Waals surface area contributed by atoms with Crippen molar-refractivity contribution in [3.05, 3.63) is 35.9 Å². The highest BCUT2D eigenvalue weighted by molar-refractivity contribution is 5.77. The smallest absolute Gasteiger partial charge is 0.305 e. The van der Waals surface area contributed by atoms with E-state index in [0.717, 1.165) is 12.0 Å². The maximum atomic E-state index is 12.3. The van der Waals surface area contributed by atoms with Crippen molar-refractivity contribution in [2.24, 2.45) is 0 Å². The Morgan fingerprint density at radius 3 is 2.40 bits per heavy atom. The number of carboxylic acid groups (broad SMARTS) is 1. The third-order valence-corrected chi connectivity index (χ3v) is 3.48. The summed E-state index contributed by atoms with van der Waals surface area (Å²) in [4.78, 5) is 24.6. The van der Waals surface area contributed by atoms with Gasteiger partial charge < -0.3 is 10.0 Å². The second kappa shape index (κ2) is 8.35. The van der Waals surface area contributed by atoms with Crippen LogP contribution in [0.2, 0.25) is 0 Å². The fourth-order valence-electron chi connectivity index (χ4n) is 2.07. The highest BCUT2D eigenvalue weighted by Gasteiger charge is 2.19. The van der Waals surface area contributed by atoms with Gasteiger partial charge >= 0.3 is 5.97 Å². The molecule has 0 aliphatic heterocycles. The van der Waals surface area contributed by atoms with Crippen LogP contribution in [0.3, 0.4) is 0 Å². The molecule has 0 aliphatic rings. The summed E-state index contributed by atoms with van der Waals surface area (Å²) >= 11 is 0. The number of aryl methyl sites for hydroxylation is 1. The Morgan fingerprint density at radius 2 is 1.85 bits per heavy atom. The first-order valence-electron chi connectivity index (χ1n) is 7.09. The Morgan fingerprint density at radius 1 is 1.20 bits per heavy atom. The van der Waals surface area contributed by atoms with Crippen LogP contribution in [0, 0.1) is 0 Å². The summed E-state index contributed by atoms with van der Waals surface area (Å²) in [6, 6.07) is 9.94. The quantitative estimate of drug-likeness (QED) is 0.795. The summed E-state index contributed by atoms with van der Waals surface area (Å²) in [5.41, 5.74) is 1.13. The zero-order valence-electron chi connectivity index (χ0n) is 12.2. The minimum Gasteiger partial charge on any atom is -0.481 e. The fourth-order valence-corrected chi connectivity index (χ4v) is 2.07. The molecule has 4 heteroatoms. The van der Waals surface area contributed by atoms with Gasteiger partial charge in [0.1, 0.15) is 0 Å². The molecule has 1 N–H and O–H groups in total. The van der Waals surface area contributed by atoms with Crippen molar-refractivity contribution < 1.29 is 14.7 Å². The Balaban J connectivity index is 2.56. The molecule has 0 saturated heterocycles. The first-order chi connectivity index (χ1) is 9.54. The topological polar surface area (TPSA) is 57.6 Å². The number of rotatable bonds is 8. The second-order valence-corrected chi connectivity index (χ2v) is 4.97. The second-order valence-electron chi connectivity index (χ2n) is 4.97. The molecule has 0 aromatic heterocycles. The first kappa shape index (κ1) is 16.2. The molecular weight excluding hydrogens is 254 g/mol. The van der Waals surface area contributed by atoms with Gasteiger partial charge in [-0.25, -0.2) is 0 Å². The zero-order chi connectivity index (χ0) is 15.0. The number of hydrogen-bond acceptors (Lipinski definition) is 2. The van der Waals surface area contributed by atoms with Gasteiger partial charge in [0.25, 0.3) is 0 Å². The van der Waals surface area contributed by atoms with Crippen molar-refractivity contribution in [2.75, 3.05) is 6.54 Å². The van der Waals surface area contributed by atoms with Crippen LogP contribution in [0.4, 0.5) is 0 Å². The van der Waals surface area contributed by atoms with E-state index in [2.05, 4.69) is 0 Å². The van der Waals surface area contributed by atoms with Crippen LogP contribution in [-0.4, -0.2) is 34.5 Å².